The van der Waals surface area contributed by atoms with Crippen LogP contribution in [0.5, 0.6) is 0 Å². The number of para-hydroxylation sites is 1. The molecule has 5 N–H and O–H groups in total. The summed E-state index contributed by atoms with van der Waals surface area (Å²) in [6.45, 7) is 3.59. The Morgan fingerprint density at radius 3 is 2.35 bits per heavy atom. The average Bonchev–Trinajstić information content (AvgIpc) is 3.42. The molecule has 37 heavy (non-hydrogen) atoms. The number of carbonyl (C=O) groups excluding carboxylic acids is 2. The number of fused-ring (bicyclic) bond motifs is 1. The Kier molecular flexibility index (Phi) is 8.85. The number of benzene rings is 1. The monoisotopic (exact) mass is 537 g/mol. The Bertz CT molecular complexity index is 1140. The Morgan fingerprint density at radius 2 is 1.76 bits per heavy atom. The Morgan fingerprint density at radius 1 is 1.05 bits per heavy atom. The van der Waals surface area contributed by atoms with Crippen molar-refractivity contribution in [2.75, 3.05) is 5.32 Å². The summed E-state index contributed by atoms with van der Waals surface area (Å²) in [6.07, 6.45) is -3.67. The summed E-state index contributed by atoms with van der Waals surface area (Å²) in [6, 6.07) is 5.85. The van der Waals surface area contributed by atoms with E-state index in [9.17, 15) is 38.2 Å². The summed E-state index contributed by atoms with van der Waals surface area (Å²) >= 11 is 1.04. The molecule has 0 saturated heterocycles. The zero-order chi connectivity index (χ0) is 27.3. The molecule has 200 valence electrons. The van der Waals surface area contributed by atoms with Crippen molar-refractivity contribution in [2.45, 2.75) is 63.6 Å². The second-order valence-electron chi connectivity index (χ2n) is 9.48. The van der Waals surface area contributed by atoms with Crippen molar-refractivity contribution in [3.8, 4) is 0 Å². The molecule has 0 bridgehead atoms. The highest BCUT2D eigenvalue weighted by Gasteiger charge is 2.45. The second-order valence-corrected chi connectivity index (χ2v) is 10.4. The molecule has 12 heteroatoms. The molecule has 1 aliphatic rings. The molecule has 2 heterocycles. The molecule has 2 amide bonds. The molecule has 0 fully saturated rings. The Hall–Kier alpha value is -3.54. The normalized spacial score (nSPS) is 18.1. The van der Waals surface area contributed by atoms with Crippen LogP contribution in [0, 0.1) is 5.92 Å². The SMILES string of the molecule is CC(C)C[C@H](NC(=O)[C@]1(Cc2ccsc2C(=O)O)Cc2ccccc2N1)C(=O)N[C@@H](CC(F)F)C(=O)O. The van der Waals surface area contributed by atoms with E-state index in [0.717, 1.165) is 16.9 Å². The topological polar surface area (TPSA) is 145 Å². The second kappa shape index (κ2) is 11.7. The fourth-order valence-corrected chi connectivity index (χ4v) is 5.17. The van der Waals surface area contributed by atoms with Gasteiger partial charge in [0.1, 0.15) is 22.5 Å². The minimum absolute atomic E-state index is 0.0117. The van der Waals surface area contributed by atoms with E-state index >= 15 is 0 Å². The maximum Gasteiger partial charge on any atom is 0.346 e. The summed E-state index contributed by atoms with van der Waals surface area (Å²) < 4.78 is 25.7. The number of hydrogen-bond donors (Lipinski definition) is 5. The van der Waals surface area contributed by atoms with Gasteiger partial charge in [-0.05, 0) is 41.0 Å². The number of rotatable bonds is 12. The van der Waals surface area contributed by atoms with E-state index in [2.05, 4.69) is 16.0 Å². The third kappa shape index (κ3) is 6.82. The van der Waals surface area contributed by atoms with Gasteiger partial charge in [0.05, 0.1) is 0 Å². The summed E-state index contributed by atoms with van der Waals surface area (Å²) in [5.74, 6) is -4.30. The number of carboxylic acid groups (broad SMARTS) is 2. The van der Waals surface area contributed by atoms with E-state index in [-0.39, 0.29) is 30.1 Å². The molecule has 0 aliphatic carbocycles. The number of alkyl halides is 2. The van der Waals surface area contributed by atoms with Crippen LogP contribution in [0.4, 0.5) is 14.5 Å². The third-order valence-corrected chi connectivity index (χ3v) is 7.05. The Labute approximate surface area is 216 Å². The fourth-order valence-electron chi connectivity index (χ4n) is 4.41. The average molecular weight is 538 g/mol. The lowest BCUT2D eigenvalue weighted by atomic mass is 9.86. The lowest BCUT2D eigenvalue weighted by Crippen LogP contribution is -2.59. The van der Waals surface area contributed by atoms with Crippen LogP contribution in [0.15, 0.2) is 35.7 Å². The van der Waals surface area contributed by atoms with Crippen LogP contribution in [0.3, 0.4) is 0 Å². The van der Waals surface area contributed by atoms with Gasteiger partial charge in [0.15, 0.2) is 0 Å². The molecule has 0 saturated carbocycles. The standard InChI is InChI=1S/C25H29F2N3O6S/c1-13(2)9-17(21(31)28-18(22(32)33)10-19(26)27)29-24(36)25(11-14-5-3-4-6-16(14)30-25)12-15-7-8-37-20(15)23(34)35/h3-8,13,17-19,30H,9-12H2,1-2H3,(H,28,31)(H,29,36)(H,32,33)(H,34,35)/t17-,18-,25+/m0/s1. The largest absolute Gasteiger partial charge is 0.480 e. The van der Waals surface area contributed by atoms with E-state index in [1.807, 2.05) is 12.1 Å². The van der Waals surface area contributed by atoms with Gasteiger partial charge in [-0.2, -0.15) is 0 Å². The van der Waals surface area contributed by atoms with Crippen molar-refractivity contribution < 1.29 is 38.2 Å². The van der Waals surface area contributed by atoms with Crippen molar-refractivity contribution in [2.24, 2.45) is 5.92 Å². The Balaban J connectivity index is 1.90. The van der Waals surface area contributed by atoms with Gasteiger partial charge in [0.25, 0.3) is 0 Å². The molecule has 0 radical (unpaired) electrons. The molecular formula is C25H29F2N3O6S. The summed E-state index contributed by atoms with van der Waals surface area (Å²) in [7, 11) is 0. The van der Waals surface area contributed by atoms with Crippen LogP contribution in [0.1, 0.15) is 47.5 Å². The number of thiophene rings is 1. The van der Waals surface area contributed by atoms with E-state index in [1.54, 1.807) is 37.4 Å². The quantitative estimate of drug-likeness (QED) is 0.280. The first-order valence-corrected chi connectivity index (χ1v) is 12.6. The van der Waals surface area contributed by atoms with Crippen LogP contribution in [-0.4, -0.2) is 58.0 Å². The van der Waals surface area contributed by atoms with Crippen LogP contribution < -0.4 is 16.0 Å². The van der Waals surface area contributed by atoms with E-state index < -0.39 is 54.2 Å². The molecule has 9 nitrogen and oxygen atoms in total. The number of amides is 2. The van der Waals surface area contributed by atoms with Crippen molar-refractivity contribution in [1.29, 1.82) is 0 Å². The minimum Gasteiger partial charge on any atom is -0.480 e. The van der Waals surface area contributed by atoms with Gasteiger partial charge in [-0.1, -0.05) is 32.0 Å². The number of halogens is 2. The third-order valence-electron chi connectivity index (χ3n) is 6.11. The molecular weight excluding hydrogens is 508 g/mol. The zero-order valence-corrected chi connectivity index (χ0v) is 21.1. The molecule has 0 unspecified atom stereocenters. The number of hydrogen-bond acceptors (Lipinski definition) is 6. The maximum atomic E-state index is 13.8. The lowest BCUT2D eigenvalue weighted by molar-refractivity contribution is -0.143. The first-order valence-electron chi connectivity index (χ1n) is 11.7. The van der Waals surface area contributed by atoms with Gasteiger partial charge >= 0.3 is 11.9 Å². The van der Waals surface area contributed by atoms with Crippen LogP contribution in [0.2, 0.25) is 0 Å². The number of carboxylic acids is 2. The van der Waals surface area contributed by atoms with Gasteiger partial charge in [0, 0.05) is 24.9 Å². The van der Waals surface area contributed by atoms with E-state index in [0.29, 0.717) is 11.3 Å². The van der Waals surface area contributed by atoms with Gasteiger partial charge in [-0.25, -0.2) is 18.4 Å². The van der Waals surface area contributed by atoms with Gasteiger partial charge in [-0.15, -0.1) is 11.3 Å². The van der Waals surface area contributed by atoms with Crippen LogP contribution in [0.25, 0.3) is 0 Å². The van der Waals surface area contributed by atoms with Crippen molar-refractivity contribution >= 4 is 40.8 Å². The highest BCUT2D eigenvalue weighted by Crippen LogP contribution is 2.36. The number of anilines is 1. The van der Waals surface area contributed by atoms with Crippen molar-refractivity contribution in [3.63, 3.8) is 0 Å². The van der Waals surface area contributed by atoms with Crippen molar-refractivity contribution in [3.05, 3.63) is 51.7 Å². The smallest absolute Gasteiger partial charge is 0.346 e. The zero-order valence-electron chi connectivity index (χ0n) is 20.3. The molecule has 1 aromatic carbocycles. The first kappa shape index (κ1) is 28.0. The molecule has 2 aromatic rings. The van der Waals surface area contributed by atoms with Gasteiger partial charge in [-0.3, -0.25) is 9.59 Å². The minimum atomic E-state index is -2.95. The molecule has 1 aliphatic heterocycles. The molecule has 1 aromatic heterocycles. The molecule has 3 rings (SSSR count). The highest BCUT2D eigenvalue weighted by molar-refractivity contribution is 7.12. The first-order chi connectivity index (χ1) is 17.4. The van der Waals surface area contributed by atoms with Gasteiger partial charge in [0.2, 0.25) is 18.2 Å². The number of nitrogens with one attached hydrogen (secondary N) is 3. The highest BCUT2D eigenvalue weighted by atomic mass is 32.1. The summed E-state index contributed by atoms with van der Waals surface area (Å²) in [4.78, 5) is 50.0. The molecule has 3 atom stereocenters. The predicted octanol–water partition coefficient (Wildman–Crippen LogP) is 3.15. The van der Waals surface area contributed by atoms with Crippen LogP contribution >= 0.6 is 11.3 Å². The maximum absolute atomic E-state index is 13.8. The fraction of sp³-hybridized carbons (Fsp3) is 0.440. The summed E-state index contributed by atoms with van der Waals surface area (Å²) in [5.41, 5.74) is 0.635. The van der Waals surface area contributed by atoms with Gasteiger partial charge < -0.3 is 26.2 Å². The number of carbonyl (C=O) groups is 4. The van der Waals surface area contributed by atoms with E-state index in [4.69, 9.17) is 0 Å². The lowest BCUT2D eigenvalue weighted by Gasteiger charge is -2.32. The predicted molar refractivity (Wildman–Crippen MR) is 133 cm³/mol. The summed E-state index contributed by atoms with van der Waals surface area (Å²) in [5, 5.41) is 28.5. The van der Waals surface area contributed by atoms with E-state index in [1.165, 1.54) is 0 Å². The van der Waals surface area contributed by atoms with Crippen LogP contribution in [-0.2, 0) is 27.2 Å². The van der Waals surface area contributed by atoms with Crippen molar-refractivity contribution in [1.82, 2.24) is 10.6 Å². The molecule has 0 spiro atoms. The number of aromatic carboxylic acids is 1. The number of aliphatic carboxylic acids is 1.